The summed E-state index contributed by atoms with van der Waals surface area (Å²) in [7, 11) is 0. The van der Waals surface area contributed by atoms with Gasteiger partial charge in [0.15, 0.2) is 0 Å². The minimum atomic E-state index is -4.79. The van der Waals surface area contributed by atoms with Crippen molar-refractivity contribution in [1.82, 2.24) is 0 Å². The van der Waals surface area contributed by atoms with Crippen molar-refractivity contribution in [2.45, 2.75) is 25.1 Å². The minimum Gasteiger partial charge on any atom is -0.507 e. The molecule has 0 amide bonds. The molecule has 0 saturated heterocycles. The summed E-state index contributed by atoms with van der Waals surface area (Å²) in [5, 5.41) is 9.69. The van der Waals surface area contributed by atoms with Gasteiger partial charge < -0.3 is 15.6 Å². The molecular formula is C17H15F4NO2. The Balaban J connectivity index is 2.25. The number of hydrogen-bond acceptors (Lipinski definition) is 3. The molecule has 7 heteroatoms. The molecule has 0 radical (unpaired) electrons. The molecule has 1 aliphatic rings. The molecule has 2 aromatic rings. The van der Waals surface area contributed by atoms with Crippen LogP contribution >= 0.6 is 0 Å². The molecule has 3 nitrogen and oxygen atoms in total. The van der Waals surface area contributed by atoms with Crippen molar-refractivity contribution >= 4 is 0 Å². The van der Waals surface area contributed by atoms with Crippen molar-refractivity contribution in [3.63, 3.8) is 0 Å². The number of phenols is 1. The van der Waals surface area contributed by atoms with E-state index in [0.717, 1.165) is 12.1 Å². The third-order valence-electron chi connectivity index (χ3n) is 4.03. The van der Waals surface area contributed by atoms with Crippen LogP contribution in [0.1, 0.15) is 17.5 Å². The molecule has 24 heavy (non-hydrogen) atoms. The van der Waals surface area contributed by atoms with Crippen molar-refractivity contribution in [3.8, 4) is 22.6 Å². The molecule has 0 unspecified atom stereocenters. The zero-order chi connectivity index (χ0) is 17.5. The van der Waals surface area contributed by atoms with E-state index in [4.69, 9.17) is 10.5 Å². The third-order valence-corrected chi connectivity index (χ3v) is 4.03. The summed E-state index contributed by atoms with van der Waals surface area (Å²) in [6, 6.07) is 5.65. The molecule has 0 bridgehead atoms. The van der Waals surface area contributed by atoms with Gasteiger partial charge in [0.1, 0.15) is 29.0 Å². The van der Waals surface area contributed by atoms with Crippen molar-refractivity contribution < 1.29 is 27.4 Å². The second kappa shape index (κ2) is 5.98. The van der Waals surface area contributed by atoms with E-state index < -0.39 is 23.3 Å². The fraction of sp³-hybridized carbons (Fsp3) is 0.294. The van der Waals surface area contributed by atoms with E-state index in [1.165, 1.54) is 18.2 Å². The van der Waals surface area contributed by atoms with Crippen LogP contribution in [0.2, 0.25) is 0 Å². The summed E-state index contributed by atoms with van der Waals surface area (Å²) in [6.45, 7) is 0.211. The highest BCUT2D eigenvalue weighted by molar-refractivity contribution is 5.77. The average Bonchev–Trinajstić information content (AvgIpc) is 2.52. The number of aromatic hydroxyl groups is 1. The number of aryl methyl sites for hydroxylation is 1. The normalized spacial score (nSPS) is 17.3. The first-order valence-electron chi connectivity index (χ1n) is 7.40. The fourth-order valence-electron chi connectivity index (χ4n) is 2.95. The number of ether oxygens (including phenoxy) is 1. The molecule has 128 valence electrons. The lowest BCUT2D eigenvalue weighted by atomic mass is 9.92. The van der Waals surface area contributed by atoms with Gasteiger partial charge in [-0.1, -0.05) is 12.1 Å². The Labute approximate surface area is 135 Å². The fourth-order valence-corrected chi connectivity index (χ4v) is 2.95. The van der Waals surface area contributed by atoms with E-state index in [1.54, 1.807) is 0 Å². The Morgan fingerprint density at radius 1 is 1.21 bits per heavy atom. The highest BCUT2D eigenvalue weighted by Crippen LogP contribution is 2.46. The predicted molar refractivity (Wildman–Crippen MR) is 80.3 cm³/mol. The lowest BCUT2D eigenvalue weighted by molar-refractivity contribution is -0.138. The van der Waals surface area contributed by atoms with Crippen molar-refractivity contribution in [2.75, 3.05) is 6.54 Å². The van der Waals surface area contributed by atoms with Gasteiger partial charge in [0.2, 0.25) is 0 Å². The van der Waals surface area contributed by atoms with Crippen molar-refractivity contribution in [1.29, 1.82) is 0 Å². The van der Waals surface area contributed by atoms with E-state index in [9.17, 15) is 22.7 Å². The predicted octanol–water partition coefficient (Wildman–Crippen LogP) is 3.87. The molecule has 0 fully saturated rings. The second-order valence-corrected chi connectivity index (χ2v) is 5.65. The number of phenolic OH excluding ortho intramolecular Hbond substituents is 1. The van der Waals surface area contributed by atoms with Crippen LogP contribution < -0.4 is 10.5 Å². The maximum atomic E-state index is 13.9. The molecule has 2 aromatic carbocycles. The first kappa shape index (κ1) is 16.6. The number of fused-ring (bicyclic) bond motifs is 1. The molecular weight excluding hydrogens is 326 g/mol. The zero-order valence-electron chi connectivity index (χ0n) is 12.5. The summed E-state index contributed by atoms with van der Waals surface area (Å²) < 4.78 is 59.7. The van der Waals surface area contributed by atoms with Gasteiger partial charge in [-0.15, -0.1) is 0 Å². The molecule has 0 aliphatic carbocycles. The number of halogens is 4. The van der Waals surface area contributed by atoms with Gasteiger partial charge in [0, 0.05) is 17.7 Å². The van der Waals surface area contributed by atoms with Gasteiger partial charge >= 0.3 is 6.18 Å². The van der Waals surface area contributed by atoms with Crippen LogP contribution in [0, 0.1) is 5.82 Å². The van der Waals surface area contributed by atoms with Crippen LogP contribution in [0.15, 0.2) is 30.3 Å². The van der Waals surface area contributed by atoms with Crippen LogP contribution in [0.25, 0.3) is 11.1 Å². The topological polar surface area (TPSA) is 55.5 Å². The smallest absolute Gasteiger partial charge is 0.420 e. The molecule has 3 rings (SSSR count). The average molecular weight is 341 g/mol. The Kier molecular flexibility index (Phi) is 4.13. The van der Waals surface area contributed by atoms with Crippen LogP contribution in [-0.2, 0) is 12.6 Å². The van der Waals surface area contributed by atoms with Gasteiger partial charge in [0.05, 0.1) is 0 Å². The van der Waals surface area contributed by atoms with Crippen LogP contribution in [0.5, 0.6) is 11.5 Å². The summed E-state index contributed by atoms with van der Waals surface area (Å²) in [6.07, 6.45) is -4.10. The van der Waals surface area contributed by atoms with Crippen molar-refractivity contribution in [3.05, 3.63) is 47.3 Å². The summed E-state index contributed by atoms with van der Waals surface area (Å²) in [5.41, 5.74) is 4.50. The van der Waals surface area contributed by atoms with Crippen LogP contribution in [0.3, 0.4) is 0 Å². The SMILES string of the molecule is NC[C@H]1CCc2cc(F)cc(-c3cccc(O)c3C(F)(F)F)c2O1. The number of nitrogens with two attached hydrogens (primary N) is 1. The highest BCUT2D eigenvalue weighted by atomic mass is 19.4. The maximum Gasteiger partial charge on any atom is 0.420 e. The summed E-state index contributed by atoms with van der Waals surface area (Å²) in [5.74, 6) is -1.38. The quantitative estimate of drug-likeness (QED) is 0.816. The Morgan fingerprint density at radius 3 is 2.62 bits per heavy atom. The highest BCUT2D eigenvalue weighted by Gasteiger charge is 2.38. The van der Waals surface area contributed by atoms with E-state index in [-0.39, 0.29) is 29.5 Å². The van der Waals surface area contributed by atoms with E-state index in [2.05, 4.69) is 0 Å². The van der Waals surface area contributed by atoms with Gasteiger partial charge in [-0.3, -0.25) is 0 Å². The first-order valence-corrected chi connectivity index (χ1v) is 7.40. The first-order chi connectivity index (χ1) is 11.3. The zero-order valence-corrected chi connectivity index (χ0v) is 12.5. The van der Waals surface area contributed by atoms with E-state index in [0.29, 0.717) is 18.4 Å². The number of alkyl halides is 3. The van der Waals surface area contributed by atoms with Crippen LogP contribution in [-0.4, -0.2) is 17.8 Å². The van der Waals surface area contributed by atoms with Gasteiger partial charge in [0.25, 0.3) is 0 Å². The molecule has 3 N–H and O–H groups in total. The van der Waals surface area contributed by atoms with Gasteiger partial charge in [-0.2, -0.15) is 13.2 Å². The third kappa shape index (κ3) is 2.91. The Morgan fingerprint density at radius 2 is 1.96 bits per heavy atom. The standard InChI is InChI=1S/C17H15F4NO2/c18-10-6-9-4-5-11(8-22)24-16(9)13(7-10)12-2-1-3-14(23)15(12)17(19,20)21/h1-3,6-7,11,23H,4-5,8,22H2/t11-/m1/s1. The molecule has 1 atom stereocenters. The number of rotatable bonds is 2. The van der Waals surface area contributed by atoms with E-state index in [1.807, 2.05) is 0 Å². The summed E-state index contributed by atoms with van der Waals surface area (Å²) >= 11 is 0. The van der Waals surface area contributed by atoms with Crippen molar-refractivity contribution in [2.24, 2.45) is 5.73 Å². The lowest BCUT2D eigenvalue weighted by Gasteiger charge is -2.28. The molecule has 0 saturated carbocycles. The summed E-state index contributed by atoms with van der Waals surface area (Å²) in [4.78, 5) is 0. The van der Waals surface area contributed by atoms with Crippen LogP contribution in [0.4, 0.5) is 17.6 Å². The number of hydrogen-bond donors (Lipinski definition) is 2. The molecule has 0 aromatic heterocycles. The lowest BCUT2D eigenvalue weighted by Crippen LogP contribution is -2.30. The minimum absolute atomic E-state index is 0.0358. The maximum absolute atomic E-state index is 13.9. The Bertz CT molecular complexity index is 774. The van der Waals surface area contributed by atoms with Gasteiger partial charge in [-0.05, 0) is 36.6 Å². The monoisotopic (exact) mass is 341 g/mol. The largest absolute Gasteiger partial charge is 0.507 e. The van der Waals surface area contributed by atoms with Gasteiger partial charge in [-0.25, -0.2) is 4.39 Å². The Hall–Kier alpha value is -2.28. The van der Waals surface area contributed by atoms with E-state index >= 15 is 0 Å². The number of benzene rings is 2. The molecule has 1 heterocycles. The molecule has 1 aliphatic heterocycles. The second-order valence-electron chi connectivity index (χ2n) is 5.65. The molecule has 0 spiro atoms.